The van der Waals surface area contributed by atoms with Gasteiger partial charge in [0.25, 0.3) is 23.6 Å². The third kappa shape index (κ3) is 20.9. The highest BCUT2D eigenvalue weighted by Gasteiger charge is 2.32. The summed E-state index contributed by atoms with van der Waals surface area (Å²) in [5.41, 5.74) is -0.518. The van der Waals surface area contributed by atoms with Crippen molar-refractivity contribution in [3.05, 3.63) is 115 Å². The minimum Gasteiger partial charge on any atom is -0.493 e. The van der Waals surface area contributed by atoms with Gasteiger partial charge in [-0.1, -0.05) is 53.4 Å². The number of unbranched alkanes of at least 4 members (excludes halogenated alkanes) is 4. The van der Waals surface area contributed by atoms with Crippen molar-refractivity contribution in [2.24, 2.45) is 0 Å². The van der Waals surface area contributed by atoms with Crippen molar-refractivity contribution in [1.29, 1.82) is 0 Å². The average molecular weight is 1290 g/mol. The van der Waals surface area contributed by atoms with Crippen LogP contribution in [0.3, 0.4) is 0 Å². The van der Waals surface area contributed by atoms with Crippen LogP contribution in [0.4, 0.5) is 0 Å². The van der Waals surface area contributed by atoms with E-state index in [1.807, 2.05) is 27.7 Å². The molecule has 0 saturated heterocycles. The number of hydrogen-bond acceptors (Lipinski definition) is 16. The molecule has 0 spiro atoms. The van der Waals surface area contributed by atoms with E-state index in [9.17, 15) is 98.4 Å². The van der Waals surface area contributed by atoms with Crippen LogP contribution >= 0.6 is 0 Å². The molecule has 1 aliphatic rings. The van der Waals surface area contributed by atoms with Gasteiger partial charge in [-0.25, -0.2) is 0 Å². The Morgan fingerprint density at radius 3 is 0.543 bits per heavy atom. The predicted molar refractivity (Wildman–Crippen MR) is 323 cm³/mol. The SMILES string of the molecule is CCCCOc1c2cc(C(=O)N(CC(=O)O)CC(=O)O)cc1Cc1cc(C(=O)N(CC(=O)O)CC(=O)O)cc(c1OCCCC)Cc1cc(C(=O)N(CC(=O)O)CC(=O)O)cc(c1OCCCC)Cc1cc(C(=O)N(CC(=O)O)CC(=O)O)cc(c1OCCCC)C2. The Labute approximate surface area is 528 Å². The Bertz CT molecular complexity index is 2850. The Hall–Kier alpha value is -10.3. The fraction of sp³-hybridized carbons (Fsp3) is 0.438. The number of aliphatic carboxylic acids is 8. The van der Waals surface area contributed by atoms with Crippen LogP contribution in [0.1, 0.15) is 165 Å². The fourth-order valence-electron chi connectivity index (χ4n) is 10.2. The molecule has 4 aromatic carbocycles. The summed E-state index contributed by atoms with van der Waals surface area (Å²) >= 11 is 0. The summed E-state index contributed by atoms with van der Waals surface area (Å²) in [6, 6.07) is 10.4. The number of fused-ring (bicyclic) bond motifs is 8. The number of carbonyl (C=O) groups is 12. The van der Waals surface area contributed by atoms with E-state index in [2.05, 4.69) is 0 Å². The summed E-state index contributed by atoms with van der Waals surface area (Å²) in [5.74, 6) is -16.9. The van der Waals surface area contributed by atoms with Crippen LogP contribution in [-0.4, -0.2) is 211 Å². The van der Waals surface area contributed by atoms with E-state index in [0.29, 0.717) is 71.0 Å². The van der Waals surface area contributed by atoms with Crippen LogP contribution in [0.25, 0.3) is 0 Å². The van der Waals surface area contributed by atoms with Gasteiger partial charge in [-0.15, -0.1) is 0 Å². The Morgan fingerprint density at radius 1 is 0.283 bits per heavy atom. The molecule has 0 unspecified atom stereocenters. The molecule has 8 bridgehead atoms. The second-order valence-corrected chi connectivity index (χ2v) is 21.8. The lowest BCUT2D eigenvalue weighted by Gasteiger charge is -2.26. The van der Waals surface area contributed by atoms with Gasteiger partial charge in [0.15, 0.2) is 0 Å². The Balaban J connectivity index is 2.17. The van der Waals surface area contributed by atoms with Crippen molar-refractivity contribution >= 4 is 71.4 Å². The number of amides is 4. The first-order valence-corrected chi connectivity index (χ1v) is 29.7. The van der Waals surface area contributed by atoms with Gasteiger partial charge in [0.1, 0.15) is 75.4 Å². The first kappa shape index (κ1) is 72.5. The number of carboxylic acids is 8. The molecule has 0 aromatic heterocycles. The van der Waals surface area contributed by atoms with Crippen molar-refractivity contribution in [3.8, 4) is 23.0 Å². The normalized spacial score (nSPS) is 11.5. The molecule has 0 heterocycles. The lowest BCUT2D eigenvalue weighted by molar-refractivity contribution is -0.142. The number of hydrogen-bond donors (Lipinski definition) is 8. The van der Waals surface area contributed by atoms with Crippen LogP contribution in [0.5, 0.6) is 23.0 Å². The van der Waals surface area contributed by atoms with Crippen LogP contribution in [0.15, 0.2) is 48.5 Å². The zero-order chi connectivity index (χ0) is 67.9. The van der Waals surface area contributed by atoms with Gasteiger partial charge in [-0.05, 0) is 119 Å². The van der Waals surface area contributed by atoms with Gasteiger partial charge in [-0.3, -0.25) is 57.5 Å². The largest absolute Gasteiger partial charge is 0.493 e. The smallest absolute Gasteiger partial charge is 0.323 e. The van der Waals surface area contributed by atoms with Crippen LogP contribution in [0.2, 0.25) is 0 Å². The number of nitrogens with zero attached hydrogens (tertiary/aromatic N) is 4. The highest BCUT2D eigenvalue weighted by atomic mass is 16.5. The molecule has 0 saturated carbocycles. The van der Waals surface area contributed by atoms with Crippen molar-refractivity contribution in [2.45, 2.75) is 105 Å². The highest BCUT2D eigenvalue weighted by molar-refractivity contribution is 6.01. The highest BCUT2D eigenvalue weighted by Crippen LogP contribution is 2.42. The van der Waals surface area contributed by atoms with E-state index < -0.39 is 149 Å². The molecule has 28 heteroatoms. The zero-order valence-corrected chi connectivity index (χ0v) is 51.5. The molecular weight excluding hydrogens is 1210 g/mol. The maximum Gasteiger partial charge on any atom is 0.323 e. The van der Waals surface area contributed by atoms with Gasteiger partial charge >= 0.3 is 47.8 Å². The van der Waals surface area contributed by atoms with E-state index in [-0.39, 0.29) is 116 Å². The lowest BCUT2D eigenvalue weighted by atomic mass is 9.87. The van der Waals surface area contributed by atoms with E-state index >= 15 is 0 Å². The van der Waals surface area contributed by atoms with Crippen molar-refractivity contribution in [2.75, 3.05) is 78.8 Å². The molecule has 0 aliphatic heterocycles. The monoisotopic (exact) mass is 1280 g/mol. The summed E-state index contributed by atoms with van der Waals surface area (Å²) in [7, 11) is 0. The summed E-state index contributed by atoms with van der Waals surface area (Å²) in [4.78, 5) is 160. The number of carbonyl (C=O) groups excluding carboxylic acids is 4. The number of carboxylic acid groups (broad SMARTS) is 8. The molecule has 0 radical (unpaired) electrons. The van der Waals surface area contributed by atoms with Crippen molar-refractivity contribution < 1.29 is 117 Å². The number of rotatable bonds is 36. The molecule has 496 valence electrons. The second kappa shape index (κ2) is 34.6. The van der Waals surface area contributed by atoms with E-state index in [1.165, 1.54) is 48.5 Å². The standard InChI is InChI=1S/C64H76N4O24/c1-5-9-13-89-57-37-17-39-23-46(62(86)66(31-51(73)74)32-52(75)76)25-41(58(39)90-14-10-6-2)19-43-27-48(64(88)68(35-55(81)82)36-56(83)84)28-44(60(43)92-16-12-8-4)20-42-26-47(63(87)67(33-53(77)78)34-54(79)80)24-40(59(42)91-15-11-7-3)18-38(57)22-45(21-37)61(85)65(29-49(69)70)30-50(71)72/h21-28H,5-20,29-36H2,1-4H3,(H,69,70)(H,71,72)(H,73,74)(H,75,76)(H,77,78)(H,79,80)(H,81,82)(H,83,84). The lowest BCUT2D eigenvalue weighted by Crippen LogP contribution is -2.39. The maximum absolute atomic E-state index is 14.9. The number of benzene rings is 4. The van der Waals surface area contributed by atoms with Gasteiger partial charge < -0.3 is 79.4 Å². The summed E-state index contributed by atoms with van der Waals surface area (Å²) in [5, 5.41) is 79.9. The zero-order valence-electron chi connectivity index (χ0n) is 51.5. The molecule has 0 atom stereocenters. The van der Waals surface area contributed by atoms with E-state index in [4.69, 9.17) is 18.9 Å². The van der Waals surface area contributed by atoms with Gasteiger partial charge in [0, 0.05) is 47.9 Å². The minimum absolute atomic E-state index is 0.00719. The fourth-order valence-corrected chi connectivity index (χ4v) is 10.2. The molecule has 4 aromatic rings. The first-order chi connectivity index (χ1) is 43.7. The third-order valence-corrected chi connectivity index (χ3v) is 14.2. The predicted octanol–water partition coefficient (Wildman–Crippen LogP) is 5.52. The van der Waals surface area contributed by atoms with Gasteiger partial charge in [0.2, 0.25) is 0 Å². The van der Waals surface area contributed by atoms with Gasteiger partial charge in [0.05, 0.1) is 26.4 Å². The first-order valence-electron chi connectivity index (χ1n) is 29.7. The maximum atomic E-state index is 14.9. The van der Waals surface area contributed by atoms with Crippen molar-refractivity contribution in [3.63, 3.8) is 0 Å². The Morgan fingerprint density at radius 2 is 0.424 bits per heavy atom. The summed E-state index contributed by atoms with van der Waals surface area (Å²) < 4.78 is 26.7. The molecule has 0 fully saturated rings. The molecule has 5 rings (SSSR count). The van der Waals surface area contributed by atoms with Crippen LogP contribution < -0.4 is 18.9 Å². The van der Waals surface area contributed by atoms with E-state index in [1.54, 1.807) is 0 Å². The third-order valence-electron chi connectivity index (χ3n) is 14.2. The number of ether oxygens (including phenoxy) is 4. The molecular formula is C64H76N4O24. The molecule has 28 nitrogen and oxygen atoms in total. The van der Waals surface area contributed by atoms with E-state index in [0.717, 1.165) is 0 Å². The quantitative estimate of drug-likeness (QED) is 0.0229. The minimum atomic E-state index is -1.58. The molecule has 4 amide bonds. The Kier molecular flexibility index (Phi) is 27.3. The van der Waals surface area contributed by atoms with Gasteiger partial charge in [-0.2, -0.15) is 0 Å². The molecule has 8 N–H and O–H groups in total. The molecule has 92 heavy (non-hydrogen) atoms. The average Bonchev–Trinajstić information content (AvgIpc) is 0.776. The van der Waals surface area contributed by atoms with Crippen LogP contribution in [-0.2, 0) is 64.0 Å². The second-order valence-electron chi connectivity index (χ2n) is 21.8. The van der Waals surface area contributed by atoms with Crippen molar-refractivity contribution in [1.82, 2.24) is 19.6 Å². The molecule has 1 aliphatic carbocycles. The summed E-state index contributed by atoms with van der Waals surface area (Å²) in [6.07, 6.45) is 2.30. The summed E-state index contributed by atoms with van der Waals surface area (Å²) in [6.45, 7) is -1.34. The van der Waals surface area contributed by atoms with Crippen LogP contribution in [0, 0.1) is 0 Å². The topological polar surface area (TPSA) is 417 Å².